The molecule has 184 valence electrons. The molecule has 1 aliphatic rings. The van der Waals surface area contributed by atoms with Crippen molar-refractivity contribution < 1.29 is 33.5 Å². The monoisotopic (exact) mass is 612 g/mol. The fraction of sp³-hybridized carbons (Fsp3) is 0.261. The van der Waals surface area contributed by atoms with E-state index in [-0.39, 0.29) is 23.8 Å². The predicted molar refractivity (Wildman–Crippen MR) is 137 cm³/mol. The first-order chi connectivity index (χ1) is 16.7. The molecule has 2 aromatic carbocycles. The summed E-state index contributed by atoms with van der Waals surface area (Å²) in [5.41, 5.74) is 1.35. The smallest absolute Gasteiger partial charge is 0.326 e. The van der Waals surface area contributed by atoms with Crippen molar-refractivity contribution in [3.05, 3.63) is 66.1 Å². The zero-order chi connectivity index (χ0) is 25.5. The molecule has 0 saturated carbocycles. The molecule has 10 nitrogen and oxygen atoms in total. The summed E-state index contributed by atoms with van der Waals surface area (Å²) in [4.78, 5) is 48.0. The summed E-state index contributed by atoms with van der Waals surface area (Å²) in [5, 5.41) is 10.3. The third-order valence-electron chi connectivity index (χ3n) is 4.63. The topological polar surface area (TPSA) is 125 Å². The number of ether oxygens (including phenoxy) is 3. The number of benzene rings is 2. The molecule has 1 saturated heterocycles. The third-order valence-corrected chi connectivity index (χ3v) is 6.33. The summed E-state index contributed by atoms with van der Waals surface area (Å²) >= 11 is 2.82. The van der Waals surface area contributed by atoms with Gasteiger partial charge in [-0.25, -0.2) is 0 Å². The van der Waals surface area contributed by atoms with E-state index in [1.54, 1.807) is 37.3 Å². The van der Waals surface area contributed by atoms with Crippen LogP contribution in [0.5, 0.6) is 11.5 Å². The summed E-state index contributed by atoms with van der Waals surface area (Å²) in [6.07, 6.45) is 1.56. The minimum atomic E-state index is -0.654. The van der Waals surface area contributed by atoms with Gasteiger partial charge < -0.3 is 14.2 Å². The minimum absolute atomic E-state index is 0.00522. The van der Waals surface area contributed by atoms with E-state index < -0.39 is 28.6 Å². The molecule has 0 N–H and O–H groups in total. The van der Waals surface area contributed by atoms with Crippen LogP contribution in [0.15, 0.2) is 41.3 Å². The van der Waals surface area contributed by atoms with Crippen molar-refractivity contribution in [2.24, 2.45) is 0 Å². The van der Waals surface area contributed by atoms with Gasteiger partial charge in [-0.05, 0) is 89.7 Å². The number of thioether (sulfide) groups is 1. The van der Waals surface area contributed by atoms with E-state index in [0.717, 1.165) is 22.2 Å². The molecule has 2 amide bonds. The van der Waals surface area contributed by atoms with Crippen LogP contribution in [0.1, 0.15) is 25.0 Å². The molecule has 0 aliphatic carbocycles. The van der Waals surface area contributed by atoms with Gasteiger partial charge in [0.2, 0.25) is 0 Å². The Morgan fingerprint density at radius 2 is 1.86 bits per heavy atom. The van der Waals surface area contributed by atoms with E-state index in [1.165, 1.54) is 12.1 Å². The van der Waals surface area contributed by atoms with E-state index in [1.807, 2.05) is 6.92 Å². The summed E-state index contributed by atoms with van der Waals surface area (Å²) in [6.45, 7) is 3.71. The Morgan fingerprint density at radius 1 is 1.14 bits per heavy atom. The molecule has 1 fully saturated rings. The lowest BCUT2D eigenvalue weighted by Gasteiger charge is -2.15. The summed E-state index contributed by atoms with van der Waals surface area (Å²) in [5.74, 6) is -0.296. The normalized spacial score (nSPS) is 14.4. The molecule has 0 spiro atoms. The van der Waals surface area contributed by atoms with Crippen LogP contribution in [0.25, 0.3) is 6.08 Å². The minimum Gasteiger partial charge on any atom is -0.490 e. The van der Waals surface area contributed by atoms with Crippen molar-refractivity contribution >= 4 is 63.2 Å². The average Bonchev–Trinajstić information content (AvgIpc) is 3.06. The van der Waals surface area contributed by atoms with Crippen LogP contribution in [0.4, 0.5) is 10.5 Å². The van der Waals surface area contributed by atoms with E-state index >= 15 is 0 Å². The maximum Gasteiger partial charge on any atom is 0.326 e. The number of nitro groups is 1. The lowest BCUT2D eigenvalue weighted by atomic mass is 10.1. The van der Waals surface area contributed by atoms with Crippen LogP contribution in [-0.4, -0.2) is 46.7 Å². The Bertz CT molecular complexity index is 1180. The quantitative estimate of drug-likeness (QED) is 0.123. The van der Waals surface area contributed by atoms with Gasteiger partial charge in [-0.15, -0.1) is 0 Å². The highest BCUT2D eigenvalue weighted by Gasteiger charge is 2.36. The molecule has 35 heavy (non-hydrogen) atoms. The van der Waals surface area contributed by atoms with Gasteiger partial charge in [-0.3, -0.25) is 29.4 Å². The standard InChI is InChI=1S/C23H21IN2O8S/c1-3-32-18-10-15(11-19-22(28)25(23(29)35-19)12-20(27)33-4-2)9-17(24)21(18)34-13-14-5-7-16(8-6-14)26(30)31/h5-11H,3-4,12-13H2,1-2H3/b19-11-. The number of hydrogen-bond donors (Lipinski definition) is 0. The zero-order valence-electron chi connectivity index (χ0n) is 18.8. The molecule has 12 heteroatoms. The molecular formula is C23H21IN2O8S. The summed E-state index contributed by atoms with van der Waals surface area (Å²) in [6, 6.07) is 9.51. The largest absolute Gasteiger partial charge is 0.490 e. The van der Waals surface area contributed by atoms with Crippen molar-refractivity contribution in [1.82, 2.24) is 4.90 Å². The number of rotatable bonds is 10. The van der Waals surface area contributed by atoms with Crippen LogP contribution in [0, 0.1) is 13.7 Å². The number of halogens is 1. The highest BCUT2D eigenvalue weighted by atomic mass is 127. The number of nitro benzene ring substituents is 1. The Morgan fingerprint density at radius 3 is 2.49 bits per heavy atom. The molecule has 3 rings (SSSR count). The Kier molecular flexibility index (Phi) is 9.09. The van der Waals surface area contributed by atoms with E-state index in [4.69, 9.17) is 14.2 Å². The number of carbonyl (C=O) groups excluding carboxylic acids is 3. The number of carbonyl (C=O) groups is 3. The molecule has 0 unspecified atom stereocenters. The molecule has 0 radical (unpaired) electrons. The summed E-state index contributed by atoms with van der Waals surface area (Å²) < 4.78 is 17.2. The lowest BCUT2D eigenvalue weighted by molar-refractivity contribution is -0.384. The van der Waals surface area contributed by atoms with Crippen molar-refractivity contribution in [2.45, 2.75) is 20.5 Å². The molecule has 0 aromatic heterocycles. The van der Waals surface area contributed by atoms with Gasteiger partial charge in [0, 0.05) is 12.1 Å². The number of hydrogen-bond acceptors (Lipinski definition) is 9. The predicted octanol–water partition coefficient (Wildman–Crippen LogP) is 4.78. The van der Waals surface area contributed by atoms with Gasteiger partial charge in [-0.1, -0.05) is 0 Å². The molecule has 1 heterocycles. The average molecular weight is 612 g/mol. The maximum absolute atomic E-state index is 12.7. The third kappa shape index (κ3) is 6.72. The fourth-order valence-corrected chi connectivity index (χ4v) is 4.69. The van der Waals surface area contributed by atoms with Gasteiger partial charge in [-0.2, -0.15) is 0 Å². The number of nitrogens with zero attached hydrogens (tertiary/aromatic N) is 2. The molecule has 0 bridgehead atoms. The van der Waals surface area contributed by atoms with Crippen LogP contribution >= 0.6 is 34.4 Å². The number of amides is 2. The molecule has 2 aromatic rings. The van der Waals surface area contributed by atoms with E-state index in [9.17, 15) is 24.5 Å². The fourth-order valence-electron chi connectivity index (χ4n) is 3.07. The summed E-state index contributed by atoms with van der Waals surface area (Å²) in [7, 11) is 0. The van der Waals surface area contributed by atoms with E-state index in [2.05, 4.69) is 22.6 Å². The zero-order valence-corrected chi connectivity index (χ0v) is 21.8. The first kappa shape index (κ1) is 26.5. The number of non-ortho nitro benzene ring substituents is 1. The van der Waals surface area contributed by atoms with Gasteiger partial charge in [0.1, 0.15) is 13.2 Å². The molecule has 1 aliphatic heterocycles. The molecular weight excluding hydrogens is 591 g/mol. The first-order valence-electron chi connectivity index (χ1n) is 10.5. The van der Waals surface area contributed by atoms with Gasteiger partial charge >= 0.3 is 5.97 Å². The Labute approximate surface area is 218 Å². The second kappa shape index (κ2) is 12.0. The number of imide groups is 1. The second-order valence-corrected chi connectivity index (χ2v) is 9.20. The first-order valence-corrected chi connectivity index (χ1v) is 12.4. The van der Waals surface area contributed by atoms with Crippen LogP contribution in [0.3, 0.4) is 0 Å². The van der Waals surface area contributed by atoms with Crippen molar-refractivity contribution in [1.29, 1.82) is 0 Å². The lowest BCUT2D eigenvalue weighted by Crippen LogP contribution is -2.34. The van der Waals surface area contributed by atoms with Crippen molar-refractivity contribution in [2.75, 3.05) is 19.8 Å². The Balaban J connectivity index is 1.80. The van der Waals surface area contributed by atoms with Gasteiger partial charge in [0.25, 0.3) is 16.8 Å². The maximum atomic E-state index is 12.7. The number of esters is 1. The van der Waals surface area contributed by atoms with E-state index in [0.29, 0.717) is 27.2 Å². The van der Waals surface area contributed by atoms with Crippen LogP contribution < -0.4 is 9.47 Å². The highest BCUT2D eigenvalue weighted by molar-refractivity contribution is 14.1. The second-order valence-electron chi connectivity index (χ2n) is 7.05. The van der Waals surface area contributed by atoms with Crippen molar-refractivity contribution in [3.63, 3.8) is 0 Å². The van der Waals surface area contributed by atoms with Crippen LogP contribution in [-0.2, 0) is 20.9 Å². The molecule has 0 atom stereocenters. The Hall–Kier alpha value is -3.13. The van der Waals surface area contributed by atoms with Gasteiger partial charge in [0.15, 0.2) is 11.5 Å². The van der Waals surface area contributed by atoms with Gasteiger partial charge in [0.05, 0.1) is 26.6 Å². The van der Waals surface area contributed by atoms with Crippen molar-refractivity contribution in [3.8, 4) is 11.5 Å². The SMILES string of the molecule is CCOC(=O)CN1C(=O)S/C(=C\c2cc(I)c(OCc3ccc([N+](=O)[O-])cc3)c(OCC)c2)C1=O. The van der Waals surface area contributed by atoms with Crippen LogP contribution in [0.2, 0.25) is 0 Å². The highest BCUT2D eigenvalue weighted by Crippen LogP contribution is 2.38.